The standard InChI is InChI=1S/C10H16O/c1-4-5-10(8-11)7-6-9(2)3/h4,8,10H,1-2,5-7H2,3H3. The number of hydrogen-bond donors (Lipinski definition) is 0. The molecule has 0 aliphatic carbocycles. The molecule has 62 valence electrons. The van der Waals surface area contributed by atoms with Crippen LogP contribution in [0.15, 0.2) is 24.8 Å². The molecule has 0 spiro atoms. The van der Waals surface area contributed by atoms with E-state index in [-0.39, 0.29) is 5.92 Å². The van der Waals surface area contributed by atoms with Gasteiger partial charge in [-0.2, -0.15) is 0 Å². The van der Waals surface area contributed by atoms with Gasteiger partial charge in [-0.1, -0.05) is 11.6 Å². The molecule has 0 radical (unpaired) electrons. The van der Waals surface area contributed by atoms with Gasteiger partial charge in [0.1, 0.15) is 6.29 Å². The summed E-state index contributed by atoms with van der Waals surface area (Å²) < 4.78 is 0. The first kappa shape index (κ1) is 10.2. The molecule has 0 amide bonds. The van der Waals surface area contributed by atoms with Crippen molar-refractivity contribution in [3.8, 4) is 0 Å². The van der Waals surface area contributed by atoms with Crippen LogP contribution in [-0.4, -0.2) is 6.29 Å². The van der Waals surface area contributed by atoms with Crippen LogP contribution >= 0.6 is 0 Å². The molecule has 0 fully saturated rings. The zero-order valence-corrected chi connectivity index (χ0v) is 7.18. The molecular formula is C10H16O. The molecule has 0 aliphatic rings. The van der Waals surface area contributed by atoms with Crippen molar-refractivity contribution in [3.05, 3.63) is 24.8 Å². The van der Waals surface area contributed by atoms with Crippen molar-refractivity contribution in [2.45, 2.75) is 26.2 Å². The van der Waals surface area contributed by atoms with Gasteiger partial charge in [0.05, 0.1) is 0 Å². The number of hydrogen-bond acceptors (Lipinski definition) is 1. The van der Waals surface area contributed by atoms with Crippen molar-refractivity contribution in [3.63, 3.8) is 0 Å². The van der Waals surface area contributed by atoms with Gasteiger partial charge in [-0.25, -0.2) is 0 Å². The van der Waals surface area contributed by atoms with Gasteiger partial charge in [-0.3, -0.25) is 0 Å². The summed E-state index contributed by atoms with van der Waals surface area (Å²) >= 11 is 0. The van der Waals surface area contributed by atoms with Gasteiger partial charge in [-0.15, -0.1) is 13.2 Å². The second-order valence-electron chi connectivity index (χ2n) is 2.92. The largest absolute Gasteiger partial charge is 0.303 e. The Morgan fingerprint density at radius 2 is 2.27 bits per heavy atom. The Bertz CT molecular complexity index is 147. The Morgan fingerprint density at radius 3 is 2.64 bits per heavy atom. The van der Waals surface area contributed by atoms with Crippen molar-refractivity contribution in [1.29, 1.82) is 0 Å². The summed E-state index contributed by atoms with van der Waals surface area (Å²) in [6, 6.07) is 0. The average molecular weight is 152 g/mol. The normalized spacial score (nSPS) is 12.1. The van der Waals surface area contributed by atoms with Crippen LogP contribution in [0, 0.1) is 5.92 Å². The van der Waals surface area contributed by atoms with Gasteiger partial charge in [0.15, 0.2) is 0 Å². The summed E-state index contributed by atoms with van der Waals surface area (Å²) in [5.41, 5.74) is 1.14. The van der Waals surface area contributed by atoms with E-state index in [9.17, 15) is 4.79 Å². The fraction of sp³-hybridized carbons (Fsp3) is 0.500. The third kappa shape index (κ3) is 5.59. The van der Waals surface area contributed by atoms with Crippen LogP contribution < -0.4 is 0 Å². The third-order valence-corrected chi connectivity index (χ3v) is 1.60. The smallest absolute Gasteiger partial charge is 0.123 e. The van der Waals surface area contributed by atoms with Gasteiger partial charge in [0.25, 0.3) is 0 Å². The van der Waals surface area contributed by atoms with Crippen LogP contribution in [0.3, 0.4) is 0 Å². The molecule has 0 N–H and O–H groups in total. The zero-order valence-electron chi connectivity index (χ0n) is 7.18. The van der Waals surface area contributed by atoms with E-state index in [1.165, 1.54) is 0 Å². The van der Waals surface area contributed by atoms with Gasteiger partial charge in [0.2, 0.25) is 0 Å². The van der Waals surface area contributed by atoms with Crippen LogP contribution in [0.1, 0.15) is 26.2 Å². The van der Waals surface area contributed by atoms with Gasteiger partial charge in [0, 0.05) is 5.92 Å². The molecule has 0 saturated carbocycles. The van der Waals surface area contributed by atoms with E-state index in [4.69, 9.17) is 0 Å². The molecule has 0 aromatic heterocycles. The molecule has 1 nitrogen and oxygen atoms in total. The number of allylic oxidation sites excluding steroid dienone is 2. The Labute approximate surface area is 68.8 Å². The summed E-state index contributed by atoms with van der Waals surface area (Å²) in [7, 11) is 0. The van der Waals surface area contributed by atoms with Crippen LogP contribution in [0.25, 0.3) is 0 Å². The highest BCUT2D eigenvalue weighted by Gasteiger charge is 2.03. The maximum Gasteiger partial charge on any atom is 0.123 e. The Morgan fingerprint density at radius 1 is 1.64 bits per heavy atom. The van der Waals surface area contributed by atoms with E-state index in [1.54, 1.807) is 6.08 Å². The first-order chi connectivity index (χ1) is 5.20. The van der Waals surface area contributed by atoms with E-state index in [0.717, 1.165) is 31.1 Å². The van der Waals surface area contributed by atoms with Crippen LogP contribution in [-0.2, 0) is 4.79 Å². The molecule has 1 heteroatoms. The first-order valence-corrected chi connectivity index (χ1v) is 3.91. The topological polar surface area (TPSA) is 17.1 Å². The second kappa shape index (κ2) is 5.90. The van der Waals surface area contributed by atoms with Gasteiger partial charge < -0.3 is 4.79 Å². The van der Waals surface area contributed by atoms with Crippen molar-refractivity contribution >= 4 is 6.29 Å². The molecule has 0 bridgehead atoms. The second-order valence-corrected chi connectivity index (χ2v) is 2.92. The molecule has 0 rings (SSSR count). The highest BCUT2D eigenvalue weighted by molar-refractivity contribution is 5.53. The lowest BCUT2D eigenvalue weighted by molar-refractivity contribution is -0.111. The minimum absolute atomic E-state index is 0.143. The van der Waals surface area contributed by atoms with E-state index in [2.05, 4.69) is 13.2 Å². The fourth-order valence-corrected chi connectivity index (χ4v) is 0.887. The summed E-state index contributed by atoms with van der Waals surface area (Å²) in [6.45, 7) is 9.36. The van der Waals surface area contributed by atoms with E-state index in [1.807, 2.05) is 6.92 Å². The van der Waals surface area contributed by atoms with E-state index >= 15 is 0 Å². The minimum atomic E-state index is 0.143. The summed E-state index contributed by atoms with van der Waals surface area (Å²) in [5.74, 6) is 0.143. The predicted molar refractivity (Wildman–Crippen MR) is 48.4 cm³/mol. The molecule has 0 aliphatic heterocycles. The van der Waals surface area contributed by atoms with Crippen molar-refractivity contribution in [1.82, 2.24) is 0 Å². The summed E-state index contributed by atoms with van der Waals surface area (Å²) in [5, 5.41) is 0. The summed E-state index contributed by atoms with van der Waals surface area (Å²) in [4.78, 5) is 10.4. The SMILES string of the molecule is C=CCC(C=O)CCC(=C)C. The number of rotatable bonds is 6. The number of carbonyl (C=O) groups excluding carboxylic acids is 1. The molecule has 0 heterocycles. The fourth-order valence-electron chi connectivity index (χ4n) is 0.887. The summed E-state index contributed by atoms with van der Waals surface area (Å²) in [6.07, 6.45) is 5.43. The molecule has 11 heavy (non-hydrogen) atoms. The Balaban J connectivity index is 3.59. The Hall–Kier alpha value is -0.850. The lowest BCUT2D eigenvalue weighted by atomic mass is 9.99. The minimum Gasteiger partial charge on any atom is -0.303 e. The highest BCUT2D eigenvalue weighted by atomic mass is 16.1. The molecule has 0 aromatic carbocycles. The van der Waals surface area contributed by atoms with Crippen LogP contribution in [0.2, 0.25) is 0 Å². The molecule has 1 atom stereocenters. The maximum atomic E-state index is 10.4. The van der Waals surface area contributed by atoms with Crippen molar-refractivity contribution < 1.29 is 4.79 Å². The number of aldehydes is 1. The van der Waals surface area contributed by atoms with Gasteiger partial charge >= 0.3 is 0 Å². The van der Waals surface area contributed by atoms with Crippen LogP contribution in [0.5, 0.6) is 0 Å². The predicted octanol–water partition coefficient (Wildman–Crippen LogP) is 2.73. The monoisotopic (exact) mass is 152 g/mol. The lowest BCUT2D eigenvalue weighted by Crippen LogP contribution is -2.00. The first-order valence-electron chi connectivity index (χ1n) is 3.91. The van der Waals surface area contributed by atoms with Crippen molar-refractivity contribution in [2.75, 3.05) is 0 Å². The lowest BCUT2D eigenvalue weighted by Gasteiger charge is -2.05. The quantitative estimate of drug-likeness (QED) is 0.422. The molecule has 1 unspecified atom stereocenters. The van der Waals surface area contributed by atoms with Crippen LogP contribution in [0.4, 0.5) is 0 Å². The molecular weight excluding hydrogens is 136 g/mol. The molecule has 0 saturated heterocycles. The van der Waals surface area contributed by atoms with E-state index < -0.39 is 0 Å². The van der Waals surface area contributed by atoms with Gasteiger partial charge in [-0.05, 0) is 26.2 Å². The molecule has 0 aromatic rings. The van der Waals surface area contributed by atoms with E-state index in [0.29, 0.717) is 0 Å². The van der Waals surface area contributed by atoms with Crippen molar-refractivity contribution in [2.24, 2.45) is 5.92 Å². The third-order valence-electron chi connectivity index (χ3n) is 1.60. The zero-order chi connectivity index (χ0) is 8.69. The number of carbonyl (C=O) groups is 1. The average Bonchev–Trinajstić information content (AvgIpc) is 1.97. The highest BCUT2D eigenvalue weighted by Crippen LogP contribution is 2.12. The maximum absolute atomic E-state index is 10.4. The Kier molecular flexibility index (Phi) is 5.44.